The molecule has 1 saturated heterocycles. The van der Waals surface area contributed by atoms with Crippen LogP contribution in [0.3, 0.4) is 0 Å². The fourth-order valence-electron chi connectivity index (χ4n) is 12.8. The number of carbonyl (C=O) groups excluding carboxylic acids is 3. The molecule has 12 nitrogen and oxygen atoms in total. The van der Waals surface area contributed by atoms with E-state index >= 15 is 4.79 Å². The minimum Gasteiger partial charge on any atom is -0.496 e. The Morgan fingerprint density at radius 2 is 1.77 bits per heavy atom. The standard InChI is InChI=1S/C45H54N4O8/c1-8-27-19-28-22-44(40(51)55-6,36-30(25-48(23-27)24-28)29-13-10-11-14-33(29)46-36)32-20-31-34(21-35(32)54-5)47(4)38-43(31)16-18-49-17-12-15-42(9-2,37(43)49)39(57-26(3)50)45(38,53)41(52)56-7/h10-15,19-21,28,37-39,46,53H,8-9,16-18,22-25H2,1-7H3/t28-,37+,38-,39-,42-,43?,44+,45?/m1/s1. The molecule has 9 rings (SSSR count). The summed E-state index contributed by atoms with van der Waals surface area (Å²) >= 11 is 0. The number of ether oxygens (including phenoxy) is 4. The lowest BCUT2D eigenvalue weighted by Crippen LogP contribution is -2.81. The van der Waals surface area contributed by atoms with Gasteiger partial charge in [-0.25, -0.2) is 4.79 Å². The average Bonchev–Trinajstić information content (AvgIpc) is 3.87. The third-order valence-corrected chi connectivity index (χ3v) is 14.8. The molecule has 1 aliphatic carbocycles. The zero-order valence-electron chi connectivity index (χ0n) is 34.0. The summed E-state index contributed by atoms with van der Waals surface area (Å²) in [6.07, 6.45) is 7.67. The van der Waals surface area contributed by atoms with Crippen LogP contribution >= 0.6 is 0 Å². The van der Waals surface area contributed by atoms with Crippen LogP contribution in [0.15, 0.2) is 60.2 Å². The molecule has 0 radical (unpaired) electrons. The second-order valence-electron chi connectivity index (χ2n) is 17.2. The molecular weight excluding hydrogens is 725 g/mol. The molecule has 2 N–H and O–H groups in total. The van der Waals surface area contributed by atoms with Gasteiger partial charge in [0.05, 0.1) is 27.4 Å². The van der Waals surface area contributed by atoms with E-state index in [0.29, 0.717) is 50.2 Å². The molecule has 2 bridgehead atoms. The Hall–Kier alpha value is -4.65. The van der Waals surface area contributed by atoms with Gasteiger partial charge in [0.2, 0.25) is 5.60 Å². The van der Waals surface area contributed by atoms with E-state index in [0.717, 1.165) is 52.9 Å². The lowest BCUT2D eigenvalue weighted by atomic mass is 9.47. The Morgan fingerprint density at radius 1 is 1.00 bits per heavy atom. The normalized spacial score (nSPS) is 34.9. The molecule has 9 atom stereocenters. The van der Waals surface area contributed by atoms with E-state index in [1.807, 2.05) is 37.1 Å². The first-order valence-corrected chi connectivity index (χ1v) is 20.3. The molecule has 2 aromatic carbocycles. The Labute approximate surface area is 333 Å². The van der Waals surface area contributed by atoms with Crippen molar-refractivity contribution in [3.63, 3.8) is 0 Å². The number of esters is 3. The van der Waals surface area contributed by atoms with Gasteiger partial charge >= 0.3 is 17.9 Å². The fraction of sp³-hybridized carbons (Fsp3) is 0.533. The van der Waals surface area contributed by atoms with Crippen molar-refractivity contribution in [2.45, 2.75) is 87.6 Å². The highest BCUT2D eigenvalue weighted by atomic mass is 16.6. The molecule has 3 aromatic rings. The zero-order valence-corrected chi connectivity index (χ0v) is 34.0. The number of nitrogens with one attached hydrogen (secondary N) is 1. The predicted molar refractivity (Wildman–Crippen MR) is 214 cm³/mol. The van der Waals surface area contributed by atoms with Gasteiger partial charge in [-0.2, -0.15) is 0 Å². The Balaban J connectivity index is 1.37. The third-order valence-electron chi connectivity index (χ3n) is 14.8. The van der Waals surface area contributed by atoms with Crippen LogP contribution in [0.1, 0.15) is 68.8 Å². The first kappa shape index (κ1) is 37.9. The number of methoxy groups -OCH3 is 3. The van der Waals surface area contributed by atoms with E-state index in [2.05, 4.69) is 58.1 Å². The fourth-order valence-corrected chi connectivity index (χ4v) is 12.8. The number of carbonyl (C=O) groups is 3. The summed E-state index contributed by atoms with van der Waals surface area (Å²) in [5.41, 5.74) is 1.05. The number of aromatic nitrogens is 1. The number of hydrogen-bond donors (Lipinski definition) is 2. The maximum absolute atomic E-state index is 15.2. The SMILES string of the molecule is CCC1=C[C@H]2CN(C1)Cc1c([nH]c3ccccc13)[C@@](C(=O)OC)(c1cc3c(cc1OC)N(C)[C@H]1C(O)(C(=O)OC)[C@H](OC(C)=O)[C@]4(CC)C=CCN5CCC31[C@@H]54)C2. The predicted octanol–water partition coefficient (Wildman–Crippen LogP) is 4.75. The third kappa shape index (κ3) is 4.80. The second kappa shape index (κ2) is 13.2. The highest BCUT2D eigenvalue weighted by molar-refractivity contribution is 5.95. The van der Waals surface area contributed by atoms with Crippen LogP contribution in [-0.2, 0) is 46.0 Å². The highest BCUT2D eigenvalue weighted by Gasteiger charge is 2.80. The first-order valence-electron chi connectivity index (χ1n) is 20.3. The van der Waals surface area contributed by atoms with Gasteiger partial charge in [0.15, 0.2) is 6.10 Å². The zero-order chi connectivity index (χ0) is 40.2. The summed E-state index contributed by atoms with van der Waals surface area (Å²) < 4.78 is 23.9. The summed E-state index contributed by atoms with van der Waals surface area (Å²) in [5.74, 6) is -1.31. The summed E-state index contributed by atoms with van der Waals surface area (Å²) in [6, 6.07) is 11.2. The molecule has 2 fully saturated rings. The van der Waals surface area contributed by atoms with E-state index in [-0.39, 0.29) is 17.9 Å². The van der Waals surface area contributed by atoms with Crippen molar-refractivity contribution in [3.8, 4) is 5.75 Å². The maximum atomic E-state index is 15.2. The van der Waals surface area contributed by atoms with Gasteiger partial charge in [-0.05, 0) is 61.4 Å². The molecule has 6 aliphatic rings. The van der Waals surface area contributed by atoms with E-state index in [1.165, 1.54) is 26.7 Å². The topological polar surface area (TPSA) is 134 Å². The number of hydrogen-bond acceptors (Lipinski definition) is 11. The smallest absolute Gasteiger partial charge is 0.344 e. The van der Waals surface area contributed by atoms with Crippen LogP contribution in [0, 0.1) is 11.3 Å². The van der Waals surface area contributed by atoms with Crippen molar-refractivity contribution in [1.29, 1.82) is 0 Å². The minimum atomic E-state index is -2.27. The van der Waals surface area contributed by atoms with Crippen LogP contribution in [0.4, 0.5) is 5.69 Å². The second-order valence-corrected chi connectivity index (χ2v) is 17.2. The Bertz CT molecular complexity index is 2250. The number of aromatic amines is 1. The van der Waals surface area contributed by atoms with Gasteiger partial charge in [-0.3, -0.25) is 19.4 Å². The number of anilines is 1. The summed E-state index contributed by atoms with van der Waals surface area (Å²) in [5, 5.41) is 14.4. The summed E-state index contributed by atoms with van der Waals surface area (Å²) in [6.45, 7) is 9.19. The van der Waals surface area contributed by atoms with Gasteiger partial charge in [0.25, 0.3) is 0 Å². The van der Waals surface area contributed by atoms with Crippen molar-refractivity contribution in [2.24, 2.45) is 11.3 Å². The largest absolute Gasteiger partial charge is 0.496 e. The van der Waals surface area contributed by atoms with Gasteiger partial charge in [0.1, 0.15) is 11.2 Å². The van der Waals surface area contributed by atoms with Gasteiger partial charge in [-0.1, -0.05) is 55.8 Å². The summed E-state index contributed by atoms with van der Waals surface area (Å²) in [4.78, 5) is 53.1. The van der Waals surface area contributed by atoms with Crippen LogP contribution in [0.25, 0.3) is 10.9 Å². The monoisotopic (exact) mass is 778 g/mol. The van der Waals surface area contributed by atoms with Crippen LogP contribution in [-0.4, -0.2) is 116 Å². The lowest BCUT2D eigenvalue weighted by molar-refractivity contribution is -0.228. The quantitative estimate of drug-likeness (QED) is 0.196. The molecule has 302 valence electrons. The number of aliphatic hydroxyl groups is 1. The van der Waals surface area contributed by atoms with Crippen LogP contribution in [0.5, 0.6) is 5.75 Å². The Kier molecular flexibility index (Phi) is 8.77. The number of rotatable bonds is 7. The molecule has 6 heterocycles. The highest BCUT2D eigenvalue weighted by Crippen LogP contribution is 2.68. The molecule has 0 amide bonds. The van der Waals surface area contributed by atoms with Crippen LogP contribution in [0.2, 0.25) is 0 Å². The van der Waals surface area contributed by atoms with Gasteiger partial charge in [-0.15, -0.1) is 0 Å². The number of fused-ring (bicyclic) bond motifs is 6. The van der Waals surface area contributed by atoms with Gasteiger partial charge < -0.3 is 33.9 Å². The average molecular weight is 779 g/mol. The molecule has 1 aromatic heterocycles. The van der Waals surface area contributed by atoms with E-state index in [9.17, 15) is 14.7 Å². The number of nitrogens with zero attached hydrogens (tertiary/aromatic N) is 3. The molecule has 5 aliphatic heterocycles. The molecule has 12 heteroatoms. The maximum Gasteiger partial charge on any atom is 0.344 e. The molecule has 1 saturated carbocycles. The number of benzene rings is 2. The molecule has 3 unspecified atom stereocenters. The van der Waals surface area contributed by atoms with Crippen molar-refractivity contribution in [2.75, 3.05) is 59.5 Å². The van der Waals surface area contributed by atoms with E-state index in [4.69, 9.17) is 18.9 Å². The number of H-pyrrole nitrogens is 1. The molecular formula is C45H54N4O8. The minimum absolute atomic E-state index is 0.0284. The number of likely N-dealkylation sites (N-methyl/N-ethyl adjacent to an activating group) is 1. The van der Waals surface area contributed by atoms with E-state index < -0.39 is 45.9 Å². The van der Waals surface area contributed by atoms with Gasteiger partial charge in [0, 0.05) is 90.9 Å². The van der Waals surface area contributed by atoms with Crippen molar-refractivity contribution < 1.29 is 38.4 Å². The molecule has 57 heavy (non-hydrogen) atoms. The van der Waals surface area contributed by atoms with Crippen molar-refractivity contribution in [1.82, 2.24) is 14.8 Å². The van der Waals surface area contributed by atoms with Crippen molar-refractivity contribution >= 4 is 34.5 Å². The first-order chi connectivity index (χ1) is 27.4. The van der Waals surface area contributed by atoms with Crippen molar-refractivity contribution in [3.05, 3.63) is 82.6 Å². The number of para-hydroxylation sites is 1. The van der Waals surface area contributed by atoms with E-state index in [1.54, 1.807) is 7.11 Å². The Morgan fingerprint density at radius 3 is 2.47 bits per heavy atom. The lowest BCUT2D eigenvalue weighted by Gasteiger charge is -2.63. The molecule has 1 spiro atoms. The van der Waals surface area contributed by atoms with Crippen LogP contribution < -0.4 is 9.64 Å². The summed E-state index contributed by atoms with van der Waals surface area (Å²) in [7, 11) is 6.22.